The van der Waals surface area contributed by atoms with Crippen molar-refractivity contribution in [3.63, 3.8) is 0 Å². The highest BCUT2D eigenvalue weighted by molar-refractivity contribution is 7.89. The lowest BCUT2D eigenvalue weighted by Gasteiger charge is -2.04. The molecule has 0 aliphatic rings. The fraction of sp³-hybridized carbons (Fsp3) is 0.385. The number of amides is 1. The van der Waals surface area contributed by atoms with E-state index in [0.29, 0.717) is 13.0 Å². The Hall–Kier alpha value is -2.13. The van der Waals surface area contributed by atoms with E-state index >= 15 is 0 Å². The third-order valence-corrected chi connectivity index (χ3v) is 4.19. The minimum Gasteiger partial charge on any atom is -0.438 e. The fourth-order valence-corrected chi connectivity index (χ4v) is 2.63. The van der Waals surface area contributed by atoms with Gasteiger partial charge in [0.05, 0.1) is 5.69 Å². The number of hydrogen-bond donors (Lipinski definition) is 2. The van der Waals surface area contributed by atoms with Crippen molar-refractivity contribution in [2.24, 2.45) is 12.2 Å². The number of aryl methyl sites for hydroxylation is 2. The maximum atomic E-state index is 11.9. The van der Waals surface area contributed by atoms with E-state index in [4.69, 9.17) is 9.56 Å². The van der Waals surface area contributed by atoms with Gasteiger partial charge in [-0.2, -0.15) is 5.10 Å². The molecule has 22 heavy (non-hydrogen) atoms. The van der Waals surface area contributed by atoms with Crippen LogP contribution in [-0.2, 0) is 23.5 Å². The predicted molar refractivity (Wildman–Crippen MR) is 78.8 cm³/mol. The molecule has 2 aromatic heterocycles. The van der Waals surface area contributed by atoms with Crippen LogP contribution in [0.15, 0.2) is 21.6 Å². The lowest BCUT2D eigenvalue weighted by molar-refractivity contribution is 0.0921. The van der Waals surface area contributed by atoms with Crippen LogP contribution in [0, 0.1) is 13.8 Å². The molecule has 0 aliphatic heterocycles. The Morgan fingerprint density at radius 1 is 1.41 bits per heavy atom. The van der Waals surface area contributed by atoms with Crippen LogP contribution in [-0.4, -0.2) is 30.7 Å². The van der Waals surface area contributed by atoms with E-state index in [1.165, 1.54) is 6.07 Å². The van der Waals surface area contributed by atoms with Crippen LogP contribution in [0.2, 0.25) is 0 Å². The van der Waals surface area contributed by atoms with Gasteiger partial charge in [0, 0.05) is 19.3 Å². The van der Waals surface area contributed by atoms with E-state index < -0.39 is 21.0 Å². The number of carbonyl (C=O) groups is 1. The summed E-state index contributed by atoms with van der Waals surface area (Å²) < 4.78 is 28.9. The van der Waals surface area contributed by atoms with Crippen molar-refractivity contribution in [2.75, 3.05) is 6.54 Å². The van der Waals surface area contributed by atoms with Crippen LogP contribution in [0.25, 0.3) is 0 Å². The van der Waals surface area contributed by atoms with Gasteiger partial charge in [0.1, 0.15) is 0 Å². The Bertz CT molecular complexity index is 804. The number of sulfonamides is 1. The Balaban J connectivity index is 1.97. The molecule has 3 N–H and O–H groups in total. The average Bonchev–Trinajstić information content (AvgIpc) is 2.99. The molecule has 8 nitrogen and oxygen atoms in total. The summed E-state index contributed by atoms with van der Waals surface area (Å²) in [5.74, 6) is -0.585. The maximum Gasteiger partial charge on any atom is 0.287 e. The van der Waals surface area contributed by atoms with Gasteiger partial charge in [0.2, 0.25) is 5.09 Å². The summed E-state index contributed by atoms with van der Waals surface area (Å²) in [7, 11) is -2.08. The van der Waals surface area contributed by atoms with E-state index in [2.05, 4.69) is 10.4 Å². The molecule has 0 aromatic carbocycles. The van der Waals surface area contributed by atoms with Gasteiger partial charge in [-0.15, -0.1) is 0 Å². The second-order valence-electron chi connectivity index (χ2n) is 4.94. The highest BCUT2D eigenvalue weighted by Gasteiger charge is 2.17. The molecule has 0 atom stereocenters. The molecular weight excluding hydrogens is 308 g/mol. The number of primary sulfonamides is 1. The summed E-state index contributed by atoms with van der Waals surface area (Å²) in [4.78, 5) is 11.9. The number of aromatic nitrogens is 2. The molecule has 2 aromatic rings. The first kappa shape index (κ1) is 16.2. The smallest absolute Gasteiger partial charge is 0.287 e. The third-order valence-electron chi connectivity index (χ3n) is 3.40. The van der Waals surface area contributed by atoms with E-state index in [9.17, 15) is 13.2 Å². The number of nitrogens with two attached hydrogens (primary N) is 1. The summed E-state index contributed by atoms with van der Waals surface area (Å²) in [5, 5.41) is 11.5. The number of furan rings is 1. The Morgan fingerprint density at radius 2 is 2.09 bits per heavy atom. The number of carbonyl (C=O) groups excluding carboxylic acids is 1. The number of nitrogens with one attached hydrogen (secondary N) is 1. The topological polar surface area (TPSA) is 120 Å². The van der Waals surface area contributed by atoms with E-state index in [-0.39, 0.29) is 5.76 Å². The predicted octanol–water partition coefficient (Wildman–Crippen LogP) is 0.250. The number of rotatable bonds is 5. The molecule has 0 fully saturated rings. The Kier molecular flexibility index (Phi) is 4.38. The third kappa shape index (κ3) is 3.37. The van der Waals surface area contributed by atoms with Crippen LogP contribution < -0.4 is 10.5 Å². The van der Waals surface area contributed by atoms with Crippen molar-refractivity contribution >= 4 is 15.9 Å². The summed E-state index contributed by atoms with van der Waals surface area (Å²) in [6.45, 7) is 4.26. The van der Waals surface area contributed by atoms with Crippen molar-refractivity contribution in [3.05, 3.63) is 34.8 Å². The molecule has 0 radical (unpaired) electrons. The van der Waals surface area contributed by atoms with Gasteiger partial charge < -0.3 is 9.73 Å². The van der Waals surface area contributed by atoms with E-state index in [1.54, 1.807) is 4.68 Å². The molecular formula is C13H18N4O4S. The molecule has 0 bridgehead atoms. The number of hydrogen-bond acceptors (Lipinski definition) is 5. The van der Waals surface area contributed by atoms with Crippen molar-refractivity contribution in [3.8, 4) is 0 Å². The molecule has 9 heteroatoms. The highest BCUT2D eigenvalue weighted by atomic mass is 32.2. The van der Waals surface area contributed by atoms with E-state index in [1.807, 2.05) is 20.9 Å². The summed E-state index contributed by atoms with van der Waals surface area (Å²) >= 11 is 0. The lowest BCUT2D eigenvalue weighted by atomic mass is 10.1. The molecule has 0 aliphatic carbocycles. The van der Waals surface area contributed by atoms with Crippen molar-refractivity contribution in [1.82, 2.24) is 15.1 Å². The van der Waals surface area contributed by atoms with Gasteiger partial charge in [-0.1, -0.05) is 0 Å². The molecule has 1 amide bonds. The zero-order chi connectivity index (χ0) is 16.5. The second kappa shape index (κ2) is 5.93. The van der Waals surface area contributed by atoms with Crippen molar-refractivity contribution < 1.29 is 17.6 Å². The maximum absolute atomic E-state index is 11.9. The fourth-order valence-electron chi connectivity index (χ4n) is 2.16. The second-order valence-corrected chi connectivity index (χ2v) is 6.43. The SMILES string of the molecule is Cc1nn(C)c(C)c1CCNC(=O)c1ccc(S(N)(=O)=O)o1. The first-order valence-corrected chi connectivity index (χ1v) is 8.14. The lowest BCUT2D eigenvalue weighted by Crippen LogP contribution is -2.25. The van der Waals surface area contributed by atoms with Crippen molar-refractivity contribution in [1.29, 1.82) is 0 Å². The summed E-state index contributed by atoms with van der Waals surface area (Å²) in [6, 6.07) is 2.43. The first-order valence-electron chi connectivity index (χ1n) is 6.60. The Labute approximate surface area is 128 Å². The average molecular weight is 326 g/mol. The monoisotopic (exact) mass is 326 g/mol. The molecule has 0 saturated heterocycles. The van der Waals surface area contributed by atoms with Gasteiger partial charge in [-0.3, -0.25) is 9.48 Å². The van der Waals surface area contributed by atoms with Crippen LogP contribution >= 0.6 is 0 Å². The Morgan fingerprint density at radius 3 is 2.59 bits per heavy atom. The first-order chi connectivity index (χ1) is 10.2. The molecule has 2 heterocycles. The van der Waals surface area contributed by atoms with Gasteiger partial charge in [-0.05, 0) is 38.0 Å². The largest absolute Gasteiger partial charge is 0.438 e. The summed E-state index contributed by atoms with van der Waals surface area (Å²) in [6.07, 6.45) is 0.625. The highest BCUT2D eigenvalue weighted by Crippen LogP contribution is 2.13. The molecule has 0 spiro atoms. The van der Waals surface area contributed by atoms with E-state index in [0.717, 1.165) is 23.0 Å². The molecule has 0 unspecified atom stereocenters. The van der Waals surface area contributed by atoms with Gasteiger partial charge >= 0.3 is 0 Å². The normalized spacial score (nSPS) is 11.6. The zero-order valence-electron chi connectivity index (χ0n) is 12.6. The quantitative estimate of drug-likeness (QED) is 0.816. The van der Waals surface area contributed by atoms with Gasteiger partial charge in [0.25, 0.3) is 15.9 Å². The van der Waals surface area contributed by atoms with Gasteiger partial charge in [0.15, 0.2) is 5.76 Å². The standard InChI is InChI=1S/C13H18N4O4S/c1-8-10(9(2)17(3)16-8)6-7-15-13(18)11-4-5-12(21-11)22(14,19)20/h4-5H,6-7H2,1-3H3,(H,15,18)(H2,14,19,20). The molecule has 120 valence electrons. The minimum atomic E-state index is -3.95. The van der Waals surface area contributed by atoms with Crippen LogP contribution in [0.4, 0.5) is 0 Å². The van der Waals surface area contributed by atoms with Crippen LogP contribution in [0.3, 0.4) is 0 Å². The summed E-state index contributed by atoms with van der Waals surface area (Å²) in [5.41, 5.74) is 3.04. The van der Waals surface area contributed by atoms with Crippen molar-refractivity contribution in [2.45, 2.75) is 25.4 Å². The van der Waals surface area contributed by atoms with Crippen LogP contribution in [0.1, 0.15) is 27.5 Å². The van der Waals surface area contributed by atoms with Crippen LogP contribution in [0.5, 0.6) is 0 Å². The van der Waals surface area contributed by atoms with Gasteiger partial charge in [-0.25, -0.2) is 13.6 Å². The molecule has 0 saturated carbocycles. The number of nitrogens with zero attached hydrogens (tertiary/aromatic N) is 2. The zero-order valence-corrected chi connectivity index (χ0v) is 13.4. The minimum absolute atomic E-state index is 0.0938. The molecule has 2 rings (SSSR count).